The van der Waals surface area contributed by atoms with Crippen LogP contribution in [-0.2, 0) is 0 Å². The molecule has 0 unspecified atom stereocenters. The van der Waals surface area contributed by atoms with E-state index < -0.39 is 0 Å². The molecule has 0 saturated carbocycles. The molecule has 4 heteroatoms. The zero-order valence-electron chi connectivity index (χ0n) is 11.1. The second-order valence-electron chi connectivity index (χ2n) is 4.32. The Kier molecular flexibility index (Phi) is 4.50. The van der Waals surface area contributed by atoms with E-state index in [0.29, 0.717) is 11.3 Å². The molecule has 2 amide bonds. The van der Waals surface area contributed by atoms with Gasteiger partial charge in [0, 0.05) is 17.5 Å². The molecule has 2 aromatic carbocycles. The molecule has 0 radical (unpaired) electrons. The van der Waals surface area contributed by atoms with Gasteiger partial charge in [-0.05, 0) is 36.8 Å². The quantitative estimate of drug-likeness (QED) is 0.871. The SMILES string of the molecule is Cc1cccc(NC(=O)N/C=C/c2ccccc2F)c1. The lowest BCUT2D eigenvalue weighted by Crippen LogP contribution is -2.23. The molecule has 0 spiro atoms. The van der Waals surface area contributed by atoms with Crippen molar-refractivity contribution in [2.24, 2.45) is 0 Å². The largest absolute Gasteiger partial charge is 0.323 e. The van der Waals surface area contributed by atoms with Gasteiger partial charge < -0.3 is 10.6 Å². The maximum Gasteiger partial charge on any atom is 0.323 e. The van der Waals surface area contributed by atoms with Crippen LogP contribution in [0.15, 0.2) is 54.7 Å². The van der Waals surface area contributed by atoms with Crippen LogP contribution in [-0.4, -0.2) is 6.03 Å². The Bertz CT molecular complexity index is 638. The molecule has 0 aliphatic heterocycles. The number of carbonyl (C=O) groups is 1. The molecule has 0 fully saturated rings. The molecule has 2 aromatic rings. The average molecular weight is 270 g/mol. The molecule has 20 heavy (non-hydrogen) atoms. The predicted molar refractivity (Wildman–Crippen MR) is 78.8 cm³/mol. The van der Waals surface area contributed by atoms with E-state index >= 15 is 0 Å². The zero-order chi connectivity index (χ0) is 14.4. The number of carbonyl (C=O) groups excluding carboxylic acids is 1. The summed E-state index contributed by atoms with van der Waals surface area (Å²) in [5.41, 5.74) is 2.19. The number of hydrogen-bond acceptors (Lipinski definition) is 1. The van der Waals surface area contributed by atoms with Crippen LogP contribution in [0.4, 0.5) is 14.9 Å². The van der Waals surface area contributed by atoms with E-state index in [9.17, 15) is 9.18 Å². The second kappa shape index (κ2) is 6.52. The van der Waals surface area contributed by atoms with Gasteiger partial charge in [-0.15, -0.1) is 0 Å². The number of anilines is 1. The third-order valence-corrected chi connectivity index (χ3v) is 2.66. The Labute approximate surface area is 117 Å². The summed E-state index contributed by atoms with van der Waals surface area (Å²) in [6, 6.07) is 13.4. The Morgan fingerprint density at radius 2 is 1.95 bits per heavy atom. The molecule has 102 valence electrons. The van der Waals surface area contributed by atoms with Gasteiger partial charge in [-0.3, -0.25) is 0 Å². The summed E-state index contributed by atoms with van der Waals surface area (Å²) in [7, 11) is 0. The molecule has 0 aromatic heterocycles. The Balaban J connectivity index is 1.91. The van der Waals surface area contributed by atoms with Gasteiger partial charge in [-0.1, -0.05) is 30.3 Å². The normalized spacial score (nSPS) is 10.5. The maximum atomic E-state index is 13.3. The van der Waals surface area contributed by atoms with Gasteiger partial charge in [0.2, 0.25) is 0 Å². The fourth-order valence-electron chi connectivity index (χ4n) is 1.71. The first-order chi connectivity index (χ1) is 9.65. The van der Waals surface area contributed by atoms with Crippen molar-refractivity contribution in [2.75, 3.05) is 5.32 Å². The van der Waals surface area contributed by atoms with Crippen LogP contribution < -0.4 is 10.6 Å². The highest BCUT2D eigenvalue weighted by molar-refractivity contribution is 5.90. The van der Waals surface area contributed by atoms with Crippen LogP contribution >= 0.6 is 0 Å². The first-order valence-corrected chi connectivity index (χ1v) is 6.20. The summed E-state index contributed by atoms with van der Waals surface area (Å²) in [6.45, 7) is 1.95. The molecule has 3 nitrogen and oxygen atoms in total. The van der Waals surface area contributed by atoms with Crippen LogP contribution in [0, 0.1) is 12.7 Å². The van der Waals surface area contributed by atoms with Gasteiger partial charge in [0.05, 0.1) is 0 Å². The minimum absolute atomic E-state index is 0.329. The minimum atomic E-state index is -0.372. The lowest BCUT2D eigenvalue weighted by molar-refractivity contribution is 0.255. The average Bonchev–Trinajstić information content (AvgIpc) is 2.41. The summed E-state index contributed by atoms with van der Waals surface area (Å²) >= 11 is 0. The predicted octanol–water partition coefficient (Wildman–Crippen LogP) is 3.93. The number of nitrogens with one attached hydrogen (secondary N) is 2. The van der Waals surface area contributed by atoms with Crippen molar-refractivity contribution in [2.45, 2.75) is 6.92 Å². The molecule has 0 aliphatic carbocycles. The van der Waals surface area contributed by atoms with E-state index in [-0.39, 0.29) is 11.8 Å². The first-order valence-electron chi connectivity index (χ1n) is 6.20. The molecule has 2 rings (SSSR count). The highest BCUT2D eigenvalue weighted by Crippen LogP contribution is 2.09. The summed E-state index contributed by atoms with van der Waals surface area (Å²) < 4.78 is 13.3. The van der Waals surface area contributed by atoms with Gasteiger partial charge in [0.25, 0.3) is 0 Å². The molecule has 0 atom stereocenters. The zero-order valence-corrected chi connectivity index (χ0v) is 11.1. The van der Waals surface area contributed by atoms with E-state index in [2.05, 4.69) is 10.6 Å². The van der Waals surface area contributed by atoms with Crippen molar-refractivity contribution in [3.63, 3.8) is 0 Å². The molecular weight excluding hydrogens is 255 g/mol. The van der Waals surface area contributed by atoms with Gasteiger partial charge in [-0.25, -0.2) is 9.18 Å². The smallest absolute Gasteiger partial charge is 0.314 e. The van der Waals surface area contributed by atoms with E-state index in [1.54, 1.807) is 24.3 Å². The topological polar surface area (TPSA) is 41.1 Å². The van der Waals surface area contributed by atoms with E-state index in [4.69, 9.17) is 0 Å². The standard InChI is InChI=1S/C16H15FN2O/c1-12-5-4-7-14(11-12)19-16(20)18-10-9-13-6-2-3-8-15(13)17/h2-11H,1H3,(H2,18,19,20)/b10-9+. The summed E-state index contributed by atoms with van der Waals surface area (Å²) in [5, 5.41) is 5.22. The lowest BCUT2D eigenvalue weighted by atomic mass is 10.2. The third kappa shape index (κ3) is 3.95. The number of halogens is 1. The van der Waals surface area contributed by atoms with E-state index in [1.807, 2.05) is 25.1 Å². The minimum Gasteiger partial charge on any atom is -0.314 e. The lowest BCUT2D eigenvalue weighted by Gasteiger charge is -2.05. The van der Waals surface area contributed by atoms with E-state index in [1.165, 1.54) is 18.3 Å². The highest BCUT2D eigenvalue weighted by atomic mass is 19.1. The highest BCUT2D eigenvalue weighted by Gasteiger charge is 1.99. The van der Waals surface area contributed by atoms with Crippen molar-refractivity contribution < 1.29 is 9.18 Å². The number of amides is 2. The molecule has 2 N–H and O–H groups in total. The third-order valence-electron chi connectivity index (χ3n) is 2.66. The number of rotatable bonds is 3. The molecule has 0 heterocycles. The molecular formula is C16H15FN2O. The number of aryl methyl sites for hydroxylation is 1. The second-order valence-corrected chi connectivity index (χ2v) is 4.32. The number of hydrogen-bond donors (Lipinski definition) is 2. The van der Waals surface area contributed by atoms with Gasteiger partial charge in [-0.2, -0.15) is 0 Å². The maximum absolute atomic E-state index is 13.3. The van der Waals surface area contributed by atoms with Crippen LogP contribution in [0.5, 0.6) is 0 Å². The monoisotopic (exact) mass is 270 g/mol. The van der Waals surface area contributed by atoms with Crippen molar-refractivity contribution in [1.82, 2.24) is 5.32 Å². The number of urea groups is 1. The van der Waals surface area contributed by atoms with Crippen LogP contribution in [0.3, 0.4) is 0 Å². The van der Waals surface area contributed by atoms with Crippen LogP contribution in [0.25, 0.3) is 6.08 Å². The van der Waals surface area contributed by atoms with Crippen LogP contribution in [0.1, 0.15) is 11.1 Å². The van der Waals surface area contributed by atoms with Gasteiger partial charge in [0.15, 0.2) is 0 Å². The fourth-order valence-corrected chi connectivity index (χ4v) is 1.71. The number of benzene rings is 2. The molecule has 0 bridgehead atoms. The van der Waals surface area contributed by atoms with Crippen molar-refractivity contribution in [1.29, 1.82) is 0 Å². The first kappa shape index (κ1) is 13.8. The van der Waals surface area contributed by atoms with Gasteiger partial charge in [0.1, 0.15) is 5.82 Å². The summed E-state index contributed by atoms with van der Waals surface area (Å²) in [4.78, 5) is 11.6. The van der Waals surface area contributed by atoms with Crippen molar-refractivity contribution in [3.8, 4) is 0 Å². The Morgan fingerprint density at radius 1 is 1.15 bits per heavy atom. The van der Waals surface area contributed by atoms with Crippen LogP contribution in [0.2, 0.25) is 0 Å². The summed E-state index contributed by atoms with van der Waals surface area (Å²) in [5.74, 6) is -0.329. The summed E-state index contributed by atoms with van der Waals surface area (Å²) in [6.07, 6.45) is 2.91. The van der Waals surface area contributed by atoms with E-state index in [0.717, 1.165) is 5.56 Å². The molecule has 0 aliphatic rings. The fraction of sp³-hybridized carbons (Fsp3) is 0.0625. The molecule has 0 saturated heterocycles. The van der Waals surface area contributed by atoms with Crippen molar-refractivity contribution >= 4 is 17.8 Å². The Morgan fingerprint density at radius 3 is 2.70 bits per heavy atom. The Hall–Kier alpha value is -2.62. The van der Waals surface area contributed by atoms with Crippen molar-refractivity contribution in [3.05, 3.63) is 71.7 Å². The van der Waals surface area contributed by atoms with Gasteiger partial charge >= 0.3 is 6.03 Å².